The number of pyridine rings is 1. The third kappa shape index (κ3) is 2.76. The first-order chi connectivity index (χ1) is 10.2. The Morgan fingerprint density at radius 1 is 1.10 bits per heavy atom. The highest BCUT2D eigenvalue weighted by Gasteiger charge is 2.24. The first-order valence-electron chi connectivity index (χ1n) is 7.53. The van der Waals surface area contributed by atoms with E-state index < -0.39 is 0 Å². The standard InChI is InChI=1S/C17H21N3O/c1-13(2)19-7-9-20(10-8-19)17(21)16-12-18-11-14-5-3-4-6-15(14)16/h3-6,11-13H,7-10H2,1-2H3. The second-order valence-corrected chi connectivity index (χ2v) is 5.83. The van der Waals surface area contributed by atoms with Gasteiger partial charge in [-0.2, -0.15) is 0 Å². The zero-order chi connectivity index (χ0) is 14.8. The molecule has 1 aromatic carbocycles. The van der Waals surface area contributed by atoms with Gasteiger partial charge in [0.05, 0.1) is 5.56 Å². The van der Waals surface area contributed by atoms with Gasteiger partial charge in [-0.25, -0.2) is 0 Å². The molecule has 1 aliphatic rings. The minimum atomic E-state index is 0.0997. The van der Waals surface area contributed by atoms with Crippen LogP contribution in [0.4, 0.5) is 0 Å². The molecular formula is C17H21N3O. The summed E-state index contributed by atoms with van der Waals surface area (Å²) in [6.45, 7) is 7.88. The Kier molecular flexibility index (Phi) is 3.88. The van der Waals surface area contributed by atoms with Crippen LogP contribution in [0.1, 0.15) is 24.2 Å². The van der Waals surface area contributed by atoms with Gasteiger partial charge in [0.2, 0.25) is 0 Å². The van der Waals surface area contributed by atoms with Crippen molar-refractivity contribution in [2.75, 3.05) is 26.2 Å². The van der Waals surface area contributed by atoms with Gasteiger partial charge in [-0.3, -0.25) is 14.7 Å². The van der Waals surface area contributed by atoms with E-state index in [1.807, 2.05) is 35.4 Å². The van der Waals surface area contributed by atoms with Crippen LogP contribution in [0.3, 0.4) is 0 Å². The minimum absolute atomic E-state index is 0.0997. The fourth-order valence-electron chi connectivity index (χ4n) is 2.90. The normalized spacial score (nSPS) is 16.6. The summed E-state index contributed by atoms with van der Waals surface area (Å²) in [6, 6.07) is 8.47. The Labute approximate surface area is 125 Å². The van der Waals surface area contributed by atoms with Crippen molar-refractivity contribution in [1.29, 1.82) is 0 Å². The molecular weight excluding hydrogens is 262 g/mol. The summed E-state index contributed by atoms with van der Waals surface area (Å²) >= 11 is 0. The molecule has 110 valence electrons. The maximum Gasteiger partial charge on any atom is 0.256 e. The number of hydrogen-bond acceptors (Lipinski definition) is 3. The molecule has 3 rings (SSSR count). The van der Waals surface area contributed by atoms with E-state index in [1.165, 1.54) is 0 Å². The van der Waals surface area contributed by atoms with Crippen LogP contribution < -0.4 is 0 Å². The number of nitrogens with zero attached hydrogens (tertiary/aromatic N) is 3. The highest BCUT2D eigenvalue weighted by molar-refractivity contribution is 6.06. The number of carbonyl (C=O) groups is 1. The van der Waals surface area contributed by atoms with Crippen LogP contribution in [0.5, 0.6) is 0 Å². The molecule has 0 bridgehead atoms. The monoisotopic (exact) mass is 283 g/mol. The van der Waals surface area contributed by atoms with E-state index in [0.29, 0.717) is 11.6 Å². The van der Waals surface area contributed by atoms with Gasteiger partial charge in [0.15, 0.2) is 0 Å². The Balaban J connectivity index is 1.82. The molecule has 0 unspecified atom stereocenters. The third-order valence-corrected chi connectivity index (χ3v) is 4.23. The lowest BCUT2D eigenvalue weighted by Gasteiger charge is -2.37. The second-order valence-electron chi connectivity index (χ2n) is 5.83. The number of fused-ring (bicyclic) bond motifs is 1. The number of amides is 1. The van der Waals surface area contributed by atoms with Gasteiger partial charge >= 0.3 is 0 Å². The first-order valence-corrected chi connectivity index (χ1v) is 7.53. The predicted molar refractivity (Wildman–Crippen MR) is 84.4 cm³/mol. The first kappa shape index (κ1) is 14.0. The Morgan fingerprint density at radius 3 is 2.52 bits per heavy atom. The smallest absolute Gasteiger partial charge is 0.256 e. The number of aromatic nitrogens is 1. The molecule has 0 N–H and O–H groups in total. The van der Waals surface area contributed by atoms with Crippen molar-refractivity contribution < 1.29 is 4.79 Å². The van der Waals surface area contributed by atoms with E-state index in [2.05, 4.69) is 23.7 Å². The van der Waals surface area contributed by atoms with Crippen molar-refractivity contribution in [2.24, 2.45) is 0 Å². The molecule has 0 saturated carbocycles. The lowest BCUT2D eigenvalue weighted by atomic mass is 10.1. The topological polar surface area (TPSA) is 36.4 Å². The van der Waals surface area contributed by atoms with Crippen LogP contribution in [0.2, 0.25) is 0 Å². The molecule has 2 aromatic rings. The Bertz CT molecular complexity index is 640. The molecule has 0 atom stereocenters. The third-order valence-electron chi connectivity index (χ3n) is 4.23. The summed E-state index contributed by atoms with van der Waals surface area (Å²) < 4.78 is 0. The van der Waals surface area contributed by atoms with Crippen LogP contribution in [-0.4, -0.2) is 52.9 Å². The summed E-state index contributed by atoms with van der Waals surface area (Å²) in [5.41, 5.74) is 0.714. The molecule has 21 heavy (non-hydrogen) atoms. The van der Waals surface area contributed by atoms with Crippen LogP contribution in [-0.2, 0) is 0 Å². The molecule has 0 radical (unpaired) electrons. The van der Waals surface area contributed by atoms with E-state index in [0.717, 1.165) is 37.0 Å². The second kappa shape index (κ2) is 5.82. The van der Waals surface area contributed by atoms with Gasteiger partial charge in [0.25, 0.3) is 5.91 Å². The van der Waals surface area contributed by atoms with Crippen molar-refractivity contribution in [3.8, 4) is 0 Å². The van der Waals surface area contributed by atoms with E-state index in [-0.39, 0.29) is 5.91 Å². The van der Waals surface area contributed by atoms with Gasteiger partial charge in [-0.15, -0.1) is 0 Å². The maximum atomic E-state index is 12.8. The summed E-state index contributed by atoms with van der Waals surface area (Å²) in [5, 5.41) is 2.01. The summed E-state index contributed by atoms with van der Waals surface area (Å²) in [6.07, 6.45) is 3.50. The summed E-state index contributed by atoms with van der Waals surface area (Å²) in [7, 11) is 0. The largest absolute Gasteiger partial charge is 0.336 e. The quantitative estimate of drug-likeness (QED) is 0.849. The summed E-state index contributed by atoms with van der Waals surface area (Å²) in [4.78, 5) is 21.3. The van der Waals surface area contributed by atoms with Crippen molar-refractivity contribution in [3.63, 3.8) is 0 Å². The van der Waals surface area contributed by atoms with E-state index >= 15 is 0 Å². The molecule has 0 aliphatic carbocycles. The van der Waals surface area contributed by atoms with Crippen molar-refractivity contribution in [2.45, 2.75) is 19.9 Å². The maximum absolute atomic E-state index is 12.8. The van der Waals surface area contributed by atoms with Crippen LogP contribution in [0.15, 0.2) is 36.7 Å². The number of hydrogen-bond donors (Lipinski definition) is 0. The van der Waals surface area contributed by atoms with E-state index in [1.54, 1.807) is 6.20 Å². The fraction of sp³-hybridized carbons (Fsp3) is 0.412. The molecule has 1 saturated heterocycles. The highest BCUT2D eigenvalue weighted by atomic mass is 16.2. The van der Waals surface area contributed by atoms with Gasteiger partial charge in [0.1, 0.15) is 0 Å². The number of piperazine rings is 1. The van der Waals surface area contributed by atoms with E-state index in [9.17, 15) is 4.79 Å². The highest BCUT2D eigenvalue weighted by Crippen LogP contribution is 2.19. The Hall–Kier alpha value is -1.94. The van der Waals surface area contributed by atoms with Crippen LogP contribution in [0.25, 0.3) is 10.8 Å². The zero-order valence-corrected chi connectivity index (χ0v) is 12.6. The van der Waals surface area contributed by atoms with Crippen molar-refractivity contribution >= 4 is 16.7 Å². The number of benzene rings is 1. The average molecular weight is 283 g/mol. The van der Waals surface area contributed by atoms with E-state index in [4.69, 9.17) is 0 Å². The lowest BCUT2D eigenvalue weighted by molar-refractivity contribution is 0.0597. The number of carbonyl (C=O) groups excluding carboxylic acids is 1. The van der Waals surface area contributed by atoms with Gasteiger partial charge in [0, 0.05) is 50.0 Å². The Morgan fingerprint density at radius 2 is 1.81 bits per heavy atom. The molecule has 0 spiro atoms. The van der Waals surface area contributed by atoms with Crippen molar-refractivity contribution in [3.05, 3.63) is 42.2 Å². The van der Waals surface area contributed by atoms with Crippen LogP contribution >= 0.6 is 0 Å². The molecule has 4 heteroatoms. The van der Waals surface area contributed by atoms with Crippen LogP contribution in [0, 0.1) is 0 Å². The molecule has 4 nitrogen and oxygen atoms in total. The zero-order valence-electron chi connectivity index (χ0n) is 12.6. The minimum Gasteiger partial charge on any atom is -0.336 e. The van der Waals surface area contributed by atoms with Crippen molar-refractivity contribution in [1.82, 2.24) is 14.8 Å². The van der Waals surface area contributed by atoms with Gasteiger partial charge < -0.3 is 4.90 Å². The molecule has 1 fully saturated rings. The lowest BCUT2D eigenvalue weighted by Crippen LogP contribution is -2.50. The molecule has 2 heterocycles. The average Bonchev–Trinajstić information content (AvgIpc) is 2.53. The molecule has 1 aliphatic heterocycles. The van der Waals surface area contributed by atoms with Gasteiger partial charge in [-0.05, 0) is 19.2 Å². The predicted octanol–water partition coefficient (Wildman–Crippen LogP) is 2.40. The SMILES string of the molecule is CC(C)N1CCN(C(=O)c2cncc3ccccc23)CC1. The molecule has 1 amide bonds. The fourth-order valence-corrected chi connectivity index (χ4v) is 2.90. The number of rotatable bonds is 2. The molecule has 1 aromatic heterocycles. The van der Waals surface area contributed by atoms with Gasteiger partial charge in [-0.1, -0.05) is 24.3 Å². The summed E-state index contributed by atoms with van der Waals surface area (Å²) in [5.74, 6) is 0.0997.